The predicted molar refractivity (Wildman–Crippen MR) is 267 cm³/mol. The standard InChI is InChI=1S/C28H29N3O5.C27H28N4O5/c1-18-8-19-10-20(13-30-22(19)9-18)36-24-5-6-29-23-12-26(25(33-2)11-21(23)24)35-7-3-4-27(32)31-14-28(15-31)16-34-17-28;1-17-6-18-8-19(11-28-21(18)7-17)36-26-20-9-23(33-2)24(10-22(20)29-16-30-26)35-5-3-4-25(32)31-12-27(13-31)14-34-15-27/h5-6,8,10-13H,3-4,7,9,14-17H2,1-2H3;6,8-11,16H,3-5,7,12-15H2,1-2H3. The highest BCUT2D eigenvalue weighted by Gasteiger charge is 2.51. The first-order chi connectivity index (χ1) is 35.0. The topological polar surface area (TPSA) is 179 Å². The van der Waals surface area contributed by atoms with Crippen LogP contribution in [0.15, 0.2) is 78.5 Å². The molecule has 4 saturated heterocycles. The van der Waals surface area contributed by atoms with Crippen LogP contribution >= 0.6 is 0 Å². The lowest BCUT2D eigenvalue weighted by atomic mass is 9.78. The molecule has 72 heavy (non-hydrogen) atoms. The Bertz CT molecular complexity index is 2930. The Hall–Kier alpha value is -7.37. The van der Waals surface area contributed by atoms with Gasteiger partial charge in [-0.25, -0.2) is 9.97 Å². The summed E-state index contributed by atoms with van der Waals surface area (Å²) in [6.07, 6.45) is 14.8. The average molecular weight is 976 g/mol. The van der Waals surface area contributed by atoms with E-state index < -0.39 is 0 Å². The lowest BCUT2D eigenvalue weighted by molar-refractivity contribution is -0.195. The van der Waals surface area contributed by atoms with E-state index in [0.717, 1.165) is 98.9 Å². The van der Waals surface area contributed by atoms with Crippen LogP contribution < -0.4 is 28.4 Å². The van der Waals surface area contributed by atoms with Gasteiger partial charge < -0.3 is 47.7 Å². The third kappa shape index (κ3) is 9.70. The van der Waals surface area contributed by atoms with Gasteiger partial charge >= 0.3 is 0 Å². The molecular weight excluding hydrogens is 919 g/mol. The van der Waals surface area contributed by atoms with E-state index in [1.54, 1.807) is 32.8 Å². The Morgan fingerprint density at radius 3 is 1.62 bits per heavy atom. The van der Waals surface area contributed by atoms with Crippen LogP contribution in [0, 0.1) is 10.8 Å². The number of ether oxygens (including phenoxy) is 8. The first-order valence-corrected chi connectivity index (χ1v) is 24.5. The fourth-order valence-corrected chi connectivity index (χ4v) is 10.1. The van der Waals surface area contributed by atoms with Gasteiger partial charge in [0.25, 0.3) is 0 Å². The molecule has 17 heteroatoms. The molecule has 4 aromatic heterocycles. The number of hydrogen-bond acceptors (Lipinski definition) is 15. The molecule has 17 nitrogen and oxygen atoms in total. The lowest BCUT2D eigenvalue weighted by Crippen LogP contribution is -2.67. The molecule has 0 saturated carbocycles. The lowest BCUT2D eigenvalue weighted by Gasteiger charge is -2.55. The van der Waals surface area contributed by atoms with Crippen molar-refractivity contribution in [1.82, 2.24) is 34.7 Å². The fourth-order valence-electron chi connectivity index (χ4n) is 10.1. The number of amides is 2. The Morgan fingerprint density at radius 1 is 0.597 bits per heavy atom. The number of fused-ring (bicyclic) bond motifs is 4. The van der Waals surface area contributed by atoms with E-state index in [1.165, 1.54) is 17.5 Å². The maximum atomic E-state index is 12.4. The number of carbonyl (C=O) groups is 2. The molecule has 6 aromatic rings. The van der Waals surface area contributed by atoms with Crippen LogP contribution in [0.2, 0.25) is 0 Å². The molecule has 2 aliphatic carbocycles. The van der Waals surface area contributed by atoms with Gasteiger partial charge in [0.15, 0.2) is 23.0 Å². The molecule has 2 spiro atoms. The molecule has 0 N–H and O–H groups in total. The molecule has 0 unspecified atom stereocenters. The molecule has 0 radical (unpaired) electrons. The van der Waals surface area contributed by atoms with E-state index in [2.05, 4.69) is 50.9 Å². The summed E-state index contributed by atoms with van der Waals surface area (Å²) in [5.74, 6) is 5.02. The highest BCUT2D eigenvalue weighted by Crippen LogP contribution is 2.41. The van der Waals surface area contributed by atoms with Crippen LogP contribution in [0.3, 0.4) is 0 Å². The van der Waals surface area contributed by atoms with Gasteiger partial charge in [0.05, 0.1) is 105 Å². The highest BCUT2D eigenvalue weighted by molar-refractivity contribution is 5.89. The van der Waals surface area contributed by atoms with Gasteiger partial charge in [-0.15, -0.1) is 0 Å². The summed E-state index contributed by atoms with van der Waals surface area (Å²) < 4.78 is 46.0. The Balaban J connectivity index is 0.000000156. The van der Waals surface area contributed by atoms with Crippen molar-refractivity contribution in [3.05, 3.63) is 101 Å². The number of benzene rings is 2. The molecule has 12 rings (SSSR count). The minimum absolute atomic E-state index is 0.169. The Morgan fingerprint density at radius 2 is 1.11 bits per heavy atom. The first-order valence-electron chi connectivity index (χ1n) is 24.5. The largest absolute Gasteiger partial charge is 0.493 e. The van der Waals surface area contributed by atoms with Crippen molar-refractivity contribution in [3.63, 3.8) is 0 Å². The van der Waals surface area contributed by atoms with Gasteiger partial charge in [-0.05, 0) is 68.1 Å². The maximum Gasteiger partial charge on any atom is 0.230 e. The van der Waals surface area contributed by atoms with E-state index in [0.29, 0.717) is 95.9 Å². The zero-order valence-corrected chi connectivity index (χ0v) is 41.0. The van der Waals surface area contributed by atoms with Gasteiger partial charge in [-0.1, -0.05) is 23.3 Å². The summed E-state index contributed by atoms with van der Waals surface area (Å²) in [5.41, 5.74) is 8.76. The summed E-state index contributed by atoms with van der Waals surface area (Å²) >= 11 is 0. The van der Waals surface area contributed by atoms with Gasteiger partial charge in [-0.3, -0.25) is 24.5 Å². The summed E-state index contributed by atoms with van der Waals surface area (Å²) in [7, 11) is 3.20. The number of methoxy groups -OCH3 is 2. The monoisotopic (exact) mass is 975 g/mol. The van der Waals surface area contributed by atoms with E-state index in [-0.39, 0.29) is 22.6 Å². The SMILES string of the molecule is COc1cc2c(Oc3cnc4c(c3)C=C(C)C4)ccnc2cc1OCCCC(=O)N1CC2(COC2)C1.COc1cc2c(Oc3cnc4c(c3)C=C(C)C4)ncnc2cc1OCCCC(=O)N1CC2(COC2)C1. The van der Waals surface area contributed by atoms with Gasteiger partial charge in [0, 0.05) is 75.6 Å². The molecule has 2 amide bonds. The molecular formula is C55H57N7O10. The summed E-state index contributed by atoms with van der Waals surface area (Å²) in [6, 6.07) is 13.2. The Kier molecular flexibility index (Phi) is 12.8. The van der Waals surface area contributed by atoms with Gasteiger partial charge in [0.1, 0.15) is 23.6 Å². The number of nitrogens with zero attached hydrogens (tertiary/aromatic N) is 7. The van der Waals surface area contributed by atoms with E-state index >= 15 is 0 Å². The van der Waals surface area contributed by atoms with Crippen molar-refractivity contribution in [3.8, 4) is 46.1 Å². The Labute approximate surface area is 417 Å². The predicted octanol–water partition coefficient (Wildman–Crippen LogP) is 8.21. The third-order valence-corrected chi connectivity index (χ3v) is 14.0. The van der Waals surface area contributed by atoms with Crippen molar-refractivity contribution in [2.24, 2.45) is 10.8 Å². The van der Waals surface area contributed by atoms with Crippen LogP contribution in [0.5, 0.6) is 46.1 Å². The number of hydrogen-bond donors (Lipinski definition) is 0. The minimum Gasteiger partial charge on any atom is -0.493 e. The van der Waals surface area contributed by atoms with Crippen molar-refractivity contribution in [2.45, 2.75) is 52.4 Å². The second kappa shape index (κ2) is 19.7. The van der Waals surface area contributed by atoms with Gasteiger partial charge in [-0.2, -0.15) is 0 Å². The van der Waals surface area contributed by atoms with Crippen LogP contribution in [0.4, 0.5) is 0 Å². The highest BCUT2D eigenvalue weighted by atomic mass is 16.5. The van der Waals surface area contributed by atoms with Crippen LogP contribution in [0.1, 0.15) is 62.0 Å². The molecule has 8 heterocycles. The second-order valence-electron chi connectivity index (χ2n) is 19.9. The summed E-state index contributed by atoms with van der Waals surface area (Å²) in [5, 5.41) is 1.52. The molecule has 4 aliphatic heterocycles. The maximum absolute atomic E-state index is 12.4. The molecule has 6 aliphatic rings. The first kappa shape index (κ1) is 47.0. The zero-order valence-electron chi connectivity index (χ0n) is 41.0. The normalized spacial score (nSPS) is 17.3. The van der Waals surface area contributed by atoms with Gasteiger partial charge in [0.2, 0.25) is 17.7 Å². The van der Waals surface area contributed by atoms with E-state index in [4.69, 9.17) is 37.9 Å². The number of likely N-dealkylation sites (tertiary alicyclic amines) is 2. The zero-order chi connectivity index (χ0) is 49.4. The summed E-state index contributed by atoms with van der Waals surface area (Å²) in [6.45, 7) is 11.4. The number of aromatic nitrogens is 5. The van der Waals surface area contributed by atoms with Crippen molar-refractivity contribution >= 4 is 45.8 Å². The molecule has 372 valence electrons. The molecule has 4 fully saturated rings. The quantitative estimate of drug-likeness (QED) is 0.0847. The van der Waals surface area contributed by atoms with E-state index in [9.17, 15) is 9.59 Å². The second-order valence-corrected chi connectivity index (χ2v) is 19.9. The van der Waals surface area contributed by atoms with Crippen LogP contribution in [0.25, 0.3) is 34.0 Å². The number of rotatable bonds is 16. The number of carbonyl (C=O) groups excluding carboxylic acids is 2. The van der Waals surface area contributed by atoms with Crippen molar-refractivity contribution in [1.29, 1.82) is 0 Å². The van der Waals surface area contributed by atoms with Crippen molar-refractivity contribution in [2.75, 3.05) is 80.0 Å². The molecule has 2 aromatic carbocycles. The van der Waals surface area contributed by atoms with Crippen LogP contribution in [-0.4, -0.2) is 127 Å². The molecule has 0 bridgehead atoms. The number of pyridine rings is 3. The third-order valence-electron chi connectivity index (χ3n) is 14.0. The average Bonchev–Trinajstić information content (AvgIpc) is 3.89. The summed E-state index contributed by atoms with van der Waals surface area (Å²) in [4.78, 5) is 50.9. The van der Waals surface area contributed by atoms with E-state index in [1.807, 2.05) is 52.3 Å². The molecule has 0 atom stereocenters. The van der Waals surface area contributed by atoms with Crippen molar-refractivity contribution < 1.29 is 47.5 Å². The smallest absolute Gasteiger partial charge is 0.230 e. The number of allylic oxidation sites excluding steroid dienone is 2. The van der Waals surface area contributed by atoms with Crippen LogP contribution in [-0.2, 0) is 31.9 Å². The minimum atomic E-state index is 0.169. The fraction of sp³-hybridized carbons (Fsp3) is 0.400.